The van der Waals surface area contributed by atoms with E-state index in [2.05, 4.69) is 49.4 Å². The Morgan fingerprint density at radius 3 is 2.52 bits per heavy atom. The van der Waals surface area contributed by atoms with Crippen molar-refractivity contribution in [3.8, 4) is 0 Å². The Balaban J connectivity index is 1.60. The Morgan fingerprint density at radius 2 is 1.74 bits per heavy atom. The van der Waals surface area contributed by atoms with Crippen molar-refractivity contribution in [3.05, 3.63) is 48.0 Å². The highest BCUT2D eigenvalue weighted by Crippen LogP contribution is 2.61. The number of hydrogen-bond acceptors (Lipinski definition) is 1. The summed E-state index contributed by atoms with van der Waals surface area (Å²) in [5, 5.41) is 0. The maximum atomic E-state index is 13.2. The van der Waals surface area contributed by atoms with Gasteiger partial charge >= 0.3 is 0 Å². The summed E-state index contributed by atoms with van der Waals surface area (Å²) in [7, 11) is 0. The number of carbonyl (C=O) groups is 1. The standard InChI is InChI=1S/C22H28O/c1-2-3-4-8-11-18-19(15-9-6-5-7-10-15)20-16-12-13-17(14-16)21(20)22(18)23/h5-7,9-10,12-13,16-21H,2-4,8,11,14H2,1H3/t16-,17+,18+,19+,20-,21-/m1/s1. The molecule has 0 spiro atoms. The Labute approximate surface area is 140 Å². The average Bonchev–Trinajstić information content (AvgIpc) is 3.25. The van der Waals surface area contributed by atoms with E-state index in [4.69, 9.17) is 0 Å². The van der Waals surface area contributed by atoms with Crippen LogP contribution < -0.4 is 0 Å². The zero-order chi connectivity index (χ0) is 15.8. The first kappa shape index (κ1) is 15.2. The molecular formula is C22H28O. The molecule has 2 saturated carbocycles. The molecular weight excluding hydrogens is 280 g/mol. The van der Waals surface area contributed by atoms with Gasteiger partial charge < -0.3 is 0 Å². The SMILES string of the molecule is CCCCCC[C@@H]1C(=O)[C@H]2[C@@H]([C@H]1c1ccccc1)[C@@H]1C=C[C@H]2C1. The van der Waals surface area contributed by atoms with Crippen LogP contribution >= 0.6 is 0 Å². The Bertz CT molecular complexity index is 587. The molecule has 23 heavy (non-hydrogen) atoms. The fourth-order valence-corrected chi connectivity index (χ4v) is 5.69. The van der Waals surface area contributed by atoms with Gasteiger partial charge in [0, 0.05) is 11.8 Å². The van der Waals surface area contributed by atoms with Crippen LogP contribution in [-0.4, -0.2) is 5.78 Å². The summed E-state index contributed by atoms with van der Waals surface area (Å²) < 4.78 is 0. The molecule has 0 unspecified atom stereocenters. The van der Waals surface area contributed by atoms with Gasteiger partial charge in [-0.05, 0) is 42.1 Å². The molecule has 6 atom stereocenters. The van der Waals surface area contributed by atoms with Crippen LogP contribution in [0.3, 0.4) is 0 Å². The van der Waals surface area contributed by atoms with E-state index >= 15 is 0 Å². The van der Waals surface area contributed by atoms with E-state index in [0.717, 1.165) is 6.42 Å². The van der Waals surface area contributed by atoms with Crippen molar-refractivity contribution in [1.29, 1.82) is 0 Å². The highest BCUT2D eigenvalue weighted by atomic mass is 16.1. The highest BCUT2D eigenvalue weighted by molar-refractivity contribution is 5.89. The number of Topliss-reactive ketones (excluding diaryl/α,β-unsaturated/α-hetero) is 1. The monoisotopic (exact) mass is 308 g/mol. The molecule has 0 heterocycles. The van der Waals surface area contributed by atoms with E-state index in [1.807, 2.05) is 0 Å². The first-order valence-corrected chi connectivity index (χ1v) is 9.58. The van der Waals surface area contributed by atoms with Crippen molar-refractivity contribution in [2.24, 2.45) is 29.6 Å². The van der Waals surface area contributed by atoms with Crippen LogP contribution in [0.15, 0.2) is 42.5 Å². The number of rotatable bonds is 6. The topological polar surface area (TPSA) is 17.1 Å². The zero-order valence-corrected chi connectivity index (χ0v) is 14.2. The summed E-state index contributed by atoms with van der Waals surface area (Å²) in [4.78, 5) is 13.2. The minimum Gasteiger partial charge on any atom is -0.299 e. The molecule has 2 fully saturated rings. The third-order valence-electron chi connectivity index (χ3n) is 6.62. The van der Waals surface area contributed by atoms with Crippen LogP contribution in [0.25, 0.3) is 0 Å². The Kier molecular flexibility index (Phi) is 4.13. The van der Waals surface area contributed by atoms with Gasteiger partial charge in [-0.3, -0.25) is 4.79 Å². The lowest BCUT2D eigenvalue weighted by atomic mass is 9.75. The van der Waals surface area contributed by atoms with Crippen LogP contribution in [0.2, 0.25) is 0 Å². The van der Waals surface area contributed by atoms with Crippen molar-refractivity contribution in [3.63, 3.8) is 0 Å². The third-order valence-corrected chi connectivity index (χ3v) is 6.62. The molecule has 4 rings (SSSR count). The summed E-state index contributed by atoms with van der Waals surface area (Å²) in [6.07, 6.45) is 12.1. The molecule has 1 heteroatoms. The lowest BCUT2D eigenvalue weighted by Crippen LogP contribution is -2.21. The maximum absolute atomic E-state index is 13.2. The molecule has 1 nitrogen and oxygen atoms in total. The summed E-state index contributed by atoms with van der Waals surface area (Å²) in [6, 6.07) is 10.9. The molecule has 0 aliphatic heterocycles. The van der Waals surface area contributed by atoms with Crippen LogP contribution in [0.1, 0.15) is 56.9 Å². The van der Waals surface area contributed by atoms with Gasteiger partial charge in [0.2, 0.25) is 0 Å². The van der Waals surface area contributed by atoms with E-state index in [-0.39, 0.29) is 5.92 Å². The molecule has 3 aliphatic carbocycles. The quantitative estimate of drug-likeness (QED) is 0.509. The first-order chi connectivity index (χ1) is 11.3. The fourth-order valence-electron chi connectivity index (χ4n) is 5.69. The van der Waals surface area contributed by atoms with Crippen molar-refractivity contribution in [2.75, 3.05) is 0 Å². The minimum atomic E-state index is 0.273. The van der Waals surface area contributed by atoms with E-state index in [1.54, 1.807) is 0 Å². The van der Waals surface area contributed by atoms with Crippen molar-refractivity contribution >= 4 is 5.78 Å². The smallest absolute Gasteiger partial charge is 0.140 e. The van der Waals surface area contributed by atoms with Gasteiger partial charge in [0.1, 0.15) is 5.78 Å². The zero-order valence-electron chi connectivity index (χ0n) is 14.2. The molecule has 0 N–H and O–H groups in total. The number of benzene rings is 1. The van der Waals surface area contributed by atoms with Gasteiger partial charge in [0.15, 0.2) is 0 Å². The van der Waals surface area contributed by atoms with Gasteiger partial charge in [-0.15, -0.1) is 0 Å². The van der Waals surface area contributed by atoms with Gasteiger partial charge in [0.25, 0.3) is 0 Å². The van der Waals surface area contributed by atoms with Gasteiger partial charge in [-0.2, -0.15) is 0 Å². The Morgan fingerprint density at radius 1 is 0.957 bits per heavy atom. The first-order valence-electron chi connectivity index (χ1n) is 9.58. The van der Waals surface area contributed by atoms with Gasteiger partial charge in [-0.25, -0.2) is 0 Å². The van der Waals surface area contributed by atoms with Gasteiger partial charge in [-0.1, -0.05) is 75.1 Å². The fraction of sp³-hybridized carbons (Fsp3) is 0.591. The maximum Gasteiger partial charge on any atom is 0.140 e. The lowest BCUT2D eigenvalue weighted by molar-refractivity contribution is -0.125. The van der Waals surface area contributed by atoms with E-state index in [1.165, 1.54) is 37.7 Å². The molecule has 1 aromatic carbocycles. The van der Waals surface area contributed by atoms with Crippen molar-refractivity contribution in [2.45, 2.75) is 51.4 Å². The second-order valence-electron chi connectivity index (χ2n) is 7.85. The van der Waals surface area contributed by atoms with Crippen LogP contribution in [0, 0.1) is 29.6 Å². The van der Waals surface area contributed by atoms with E-state index in [9.17, 15) is 4.79 Å². The van der Waals surface area contributed by atoms with Crippen LogP contribution in [0.4, 0.5) is 0 Å². The Hall–Kier alpha value is -1.37. The summed E-state index contributed by atoms with van der Waals surface area (Å²) in [5.41, 5.74) is 1.41. The number of allylic oxidation sites excluding steroid dienone is 2. The lowest BCUT2D eigenvalue weighted by Gasteiger charge is -2.27. The third kappa shape index (κ3) is 2.49. The molecule has 3 aliphatic rings. The predicted molar refractivity (Wildman–Crippen MR) is 94.2 cm³/mol. The molecule has 0 radical (unpaired) electrons. The molecule has 122 valence electrons. The summed E-state index contributed by atoms with van der Waals surface area (Å²) in [5.74, 6) is 3.44. The van der Waals surface area contributed by atoms with Crippen LogP contribution in [-0.2, 0) is 4.79 Å². The molecule has 0 amide bonds. The summed E-state index contributed by atoms with van der Waals surface area (Å²) >= 11 is 0. The minimum absolute atomic E-state index is 0.273. The average molecular weight is 308 g/mol. The second kappa shape index (κ2) is 6.26. The number of unbranched alkanes of at least 4 members (excludes halogenated alkanes) is 3. The molecule has 0 saturated heterocycles. The predicted octanol–water partition coefficient (Wildman–Crippen LogP) is 5.38. The van der Waals surface area contributed by atoms with Crippen LogP contribution in [0.5, 0.6) is 0 Å². The van der Waals surface area contributed by atoms with E-state index in [0.29, 0.717) is 35.4 Å². The van der Waals surface area contributed by atoms with Crippen molar-refractivity contribution in [1.82, 2.24) is 0 Å². The number of ketones is 1. The van der Waals surface area contributed by atoms with Crippen molar-refractivity contribution < 1.29 is 4.79 Å². The number of hydrogen-bond donors (Lipinski definition) is 0. The summed E-state index contributed by atoms with van der Waals surface area (Å²) in [6.45, 7) is 2.25. The largest absolute Gasteiger partial charge is 0.299 e. The molecule has 1 aromatic rings. The molecule has 0 aromatic heterocycles. The highest BCUT2D eigenvalue weighted by Gasteiger charge is 2.59. The second-order valence-corrected chi connectivity index (χ2v) is 7.85. The molecule has 2 bridgehead atoms. The number of carbonyl (C=O) groups excluding carboxylic acids is 1. The van der Waals surface area contributed by atoms with E-state index < -0.39 is 0 Å². The number of fused-ring (bicyclic) bond motifs is 5. The van der Waals surface area contributed by atoms with Gasteiger partial charge in [0.05, 0.1) is 0 Å². The normalized spacial score (nSPS) is 37.5.